The number of hydrogen-bond acceptors (Lipinski definition) is 5. The van der Waals surface area contributed by atoms with Crippen molar-refractivity contribution in [2.75, 3.05) is 5.32 Å². The number of aromatic nitrogens is 3. The molecule has 1 saturated carbocycles. The minimum absolute atomic E-state index is 0.0118. The molecule has 0 atom stereocenters. The number of nitrogens with one attached hydrogen (secondary N) is 1. The van der Waals surface area contributed by atoms with E-state index in [2.05, 4.69) is 5.32 Å². The van der Waals surface area contributed by atoms with Crippen LogP contribution < -0.4 is 27.6 Å². The summed E-state index contributed by atoms with van der Waals surface area (Å²) >= 11 is 0. The van der Waals surface area contributed by atoms with Crippen molar-refractivity contribution in [3.63, 3.8) is 0 Å². The van der Waals surface area contributed by atoms with Crippen molar-refractivity contribution < 1.29 is 9.50 Å². The van der Waals surface area contributed by atoms with Gasteiger partial charge in [-0.2, -0.15) is 0 Å². The van der Waals surface area contributed by atoms with Crippen molar-refractivity contribution in [1.82, 2.24) is 13.7 Å². The zero-order valence-corrected chi connectivity index (χ0v) is 18.0. The summed E-state index contributed by atoms with van der Waals surface area (Å²) in [5, 5.41) is 12.7. The van der Waals surface area contributed by atoms with Gasteiger partial charge < -0.3 is 10.4 Å². The smallest absolute Gasteiger partial charge is 0.337 e. The van der Waals surface area contributed by atoms with E-state index in [4.69, 9.17) is 0 Å². The Morgan fingerprint density at radius 3 is 2.36 bits per heavy atom. The molecule has 8 nitrogen and oxygen atoms in total. The molecular formula is C23H20BFN4O4. The van der Waals surface area contributed by atoms with E-state index in [1.165, 1.54) is 63.2 Å². The zero-order valence-electron chi connectivity index (χ0n) is 18.0. The number of fused-ring (bicyclic) bond motifs is 1. The molecule has 0 bridgehead atoms. The van der Waals surface area contributed by atoms with E-state index in [1.807, 2.05) is 0 Å². The molecule has 1 aliphatic rings. The van der Waals surface area contributed by atoms with Gasteiger partial charge in [0.2, 0.25) is 0 Å². The number of benzene rings is 2. The van der Waals surface area contributed by atoms with Crippen molar-refractivity contribution in [2.24, 2.45) is 7.05 Å². The number of hydrogen-bond donors (Lipinski definition) is 2. The summed E-state index contributed by atoms with van der Waals surface area (Å²) < 4.78 is 18.3. The van der Waals surface area contributed by atoms with Gasteiger partial charge in [0.1, 0.15) is 30.4 Å². The molecule has 1 fully saturated rings. The molecule has 0 amide bonds. The Labute approximate surface area is 187 Å². The van der Waals surface area contributed by atoms with Crippen molar-refractivity contribution >= 4 is 35.7 Å². The van der Waals surface area contributed by atoms with E-state index in [0.717, 1.165) is 5.46 Å². The lowest BCUT2D eigenvalue weighted by Gasteiger charge is -2.19. The Morgan fingerprint density at radius 1 is 1.03 bits per heavy atom. The maximum atomic E-state index is 14.6. The molecule has 4 aromatic rings. The van der Waals surface area contributed by atoms with Crippen LogP contribution in [0.25, 0.3) is 16.7 Å². The third kappa shape index (κ3) is 3.43. The topological polar surface area (TPSA) is 98.3 Å². The molecule has 0 radical (unpaired) electrons. The van der Waals surface area contributed by atoms with Gasteiger partial charge in [-0.05, 0) is 49.2 Å². The van der Waals surface area contributed by atoms with E-state index in [0.29, 0.717) is 18.5 Å². The second kappa shape index (κ2) is 7.51. The molecule has 1 aliphatic carbocycles. The Bertz CT molecular complexity index is 1600. The molecule has 10 heteroatoms. The van der Waals surface area contributed by atoms with Crippen LogP contribution in [-0.2, 0) is 7.05 Å². The highest BCUT2D eigenvalue weighted by Gasteiger charge is 2.31. The molecule has 33 heavy (non-hydrogen) atoms. The molecule has 2 aromatic heterocycles. The van der Waals surface area contributed by atoms with Crippen LogP contribution in [0.3, 0.4) is 0 Å². The number of aromatic hydroxyl groups is 1. The monoisotopic (exact) mass is 446 g/mol. The number of rotatable bonds is 4. The first-order chi connectivity index (χ1) is 15.8. The number of aryl methyl sites for hydroxylation is 1. The van der Waals surface area contributed by atoms with Crippen molar-refractivity contribution in [3.8, 4) is 11.4 Å². The maximum absolute atomic E-state index is 14.6. The predicted molar refractivity (Wildman–Crippen MR) is 127 cm³/mol. The summed E-state index contributed by atoms with van der Waals surface area (Å²) in [6.07, 6.45) is 1.38. The molecular weight excluding hydrogens is 426 g/mol. The quantitative estimate of drug-likeness (QED) is 0.457. The first kappa shape index (κ1) is 20.8. The number of nitrogens with zero attached hydrogens (tertiary/aromatic N) is 3. The fraction of sp³-hybridized carbons (Fsp3) is 0.174. The predicted octanol–water partition coefficient (Wildman–Crippen LogP) is 1.03. The maximum Gasteiger partial charge on any atom is 0.337 e. The van der Waals surface area contributed by atoms with E-state index < -0.39 is 22.6 Å². The van der Waals surface area contributed by atoms with Crippen LogP contribution in [0.1, 0.15) is 18.9 Å². The van der Waals surface area contributed by atoms with Crippen LogP contribution in [0.2, 0.25) is 0 Å². The molecule has 0 saturated heterocycles. The number of phenols is 1. The molecule has 0 unspecified atom stereocenters. The minimum atomic E-state index is -0.575. The summed E-state index contributed by atoms with van der Waals surface area (Å²) in [5.41, 5.74) is -0.191. The highest BCUT2D eigenvalue weighted by atomic mass is 19.1. The summed E-state index contributed by atoms with van der Waals surface area (Å²) in [4.78, 5) is 39.8. The SMILES string of the molecule is Bc1ccc(Nc2cc(=O)n(C)c3c2c(=O)n(C2CC2)c(=O)n3-c2ccc(O)cc2)c(F)c1. The summed E-state index contributed by atoms with van der Waals surface area (Å²) in [6.45, 7) is 0. The molecule has 0 aliphatic heterocycles. The highest BCUT2D eigenvalue weighted by Crippen LogP contribution is 2.33. The zero-order chi connectivity index (χ0) is 23.4. The molecule has 5 rings (SSSR count). The standard InChI is InChI=1S/C23H20BFN4O4/c1-27-19(31)11-18(26-17-9-2-12(24)10-16(17)25)20-21(27)28(13-5-7-15(30)8-6-13)23(33)29(22(20)32)14-3-4-14/h2,5-11,14,26,30H,3-4,24H2,1H3. The van der Waals surface area contributed by atoms with Crippen LogP contribution in [0.4, 0.5) is 15.8 Å². The van der Waals surface area contributed by atoms with Gasteiger partial charge in [0.25, 0.3) is 11.1 Å². The number of phenolic OH excluding ortho intramolecular Hbond substituents is 1. The molecule has 2 aromatic carbocycles. The van der Waals surface area contributed by atoms with Crippen LogP contribution in [0.5, 0.6) is 5.75 Å². The number of pyridine rings is 1. The van der Waals surface area contributed by atoms with E-state index >= 15 is 0 Å². The Balaban J connectivity index is 1.90. The Hall–Kier alpha value is -4.08. The summed E-state index contributed by atoms with van der Waals surface area (Å²) in [7, 11) is 3.23. The average Bonchev–Trinajstić information content (AvgIpc) is 3.59. The van der Waals surface area contributed by atoms with Gasteiger partial charge in [-0.25, -0.2) is 13.8 Å². The van der Waals surface area contributed by atoms with Crippen molar-refractivity contribution in [2.45, 2.75) is 18.9 Å². The van der Waals surface area contributed by atoms with Gasteiger partial charge in [-0.3, -0.25) is 18.7 Å². The fourth-order valence-electron chi connectivity index (χ4n) is 4.02. The third-order valence-electron chi connectivity index (χ3n) is 5.86. The lowest BCUT2D eigenvalue weighted by atomic mass is 9.96. The van der Waals surface area contributed by atoms with Crippen LogP contribution in [0.15, 0.2) is 62.9 Å². The van der Waals surface area contributed by atoms with Crippen LogP contribution in [-0.4, -0.2) is 26.7 Å². The van der Waals surface area contributed by atoms with Crippen LogP contribution in [0, 0.1) is 5.82 Å². The lowest BCUT2D eigenvalue weighted by molar-refractivity contribution is 0.475. The van der Waals surface area contributed by atoms with Gasteiger partial charge in [0.05, 0.1) is 17.1 Å². The van der Waals surface area contributed by atoms with Gasteiger partial charge >= 0.3 is 5.69 Å². The van der Waals surface area contributed by atoms with E-state index in [-0.39, 0.29) is 34.2 Å². The Morgan fingerprint density at radius 2 is 1.73 bits per heavy atom. The normalized spacial score (nSPS) is 13.4. The fourth-order valence-corrected chi connectivity index (χ4v) is 4.02. The lowest BCUT2D eigenvalue weighted by Crippen LogP contribution is -2.41. The number of anilines is 2. The first-order valence-corrected chi connectivity index (χ1v) is 10.5. The van der Waals surface area contributed by atoms with E-state index in [9.17, 15) is 23.9 Å². The van der Waals surface area contributed by atoms with Crippen molar-refractivity contribution in [3.05, 3.63) is 85.5 Å². The Kier molecular flexibility index (Phi) is 4.73. The molecule has 2 N–H and O–H groups in total. The molecule has 166 valence electrons. The average molecular weight is 446 g/mol. The highest BCUT2D eigenvalue weighted by molar-refractivity contribution is 6.32. The van der Waals surface area contributed by atoms with Crippen LogP contribution >= 0.6 is 0 Å². The first-order valence-electron chi connectivity index (χ1n) is 10.5. The van der Waals surface area contributed by atoms with Gasteiger partial charge in [0, 0.05) is 19.2 Å². The van der Waals surface area contributed by atoms with Gasteiger partial charge in [0.15, 0.2) is 0 Å². The van der Waals surface area contributed by atoms with Gasteiger partial charge in [-0.1, -0.05) is 11.5 Å². The second-order valence-electron chi connectivity index (χ2n) is 8.30. The van der Waals surface area contributed by atoms with Crippen molar-refractivity contribution in [1.29, 1.82) is 0 Å². The van der Waals surface area contributed by atoms with Gasteiger partial charge in [-0.15, -0.1) is 0 Å². The minimum Gasteiger partial charge on any atom is -0.508 e. The molecule has 0 spiro atoms. The summed E-state index contributed by atoms with van der Waals surface area (Å²) in [5.74, 6) is -0.518. The second-order valence-corrected chi connectivity index (χ2v) is 8.30. The number of halogens is 1. The molecule has 2 heterocycles. The van der Waals surface area contributed by atoms with E-state index in [1.54, 1.807) is 13.9 Å². The third-order valence-corrected chi connectivity index (χ3v) is 5.86. The largest absolute Gasteiger partial charge is 0.508 e. The summed E-state index contributed by atoms with van der Waals surface area (Å²) in [6, 6.07) is 11.5.